The van der Waals surface area contributed by atoms with Gasteiger partial charge in [-0.25, -0.2) is 0 Å². The minimum absolute atomic E-state index is 0.0827. The Labute approximate surface area is 94.9 Å². The first-order chi connectivity index (χ1) is 7.66. The van der Waals surface area contributed by atoms with Crippen molar-refractivity contribution in [3.05, 3.63) is 47.6 Å². The van der Waals surface area contributed by atoms with Crippen LogP contribution in [-0.2, 0) is 4.79 Å². The van der Waals surface area contributed by atoms with Crippen LogP contribution in [0.15, 0.2) is 42.0 Å². The maximum absolute atomic E-state index is 11.8. The minimum atomic E-state index is 0.0827. The maximum Gasteiger partial charge on any atom is 0.184 e. The third-order valence-corrected chi connectivity index (χ3v) is 2.77. The normalized spacial score (nSPS) is 19.1. The second-order valence-corrected chi connectivity index (χ2v) is 4.05. The Morgan fingerprint density at radius 1 is 1.19 bits per heavy atom. The van der Waals surface area contributed by atoms with Gasteiger partial charge in [-0.05, 0) is 48.6 Å². The molecule has 16 heavy (non-hydrogen) atoms. The van der Waals surface area contributed by atoms with Crippen LogP contribution in [0.25, 0.3) is 6.08 Å². The maximum atomic E-state index is 11.8. The lowest BCUT2D eigenvalue weighted by Gasteiger charge is -2.14. The summed E-state index contributed by atoms with van der Waals surface area (Å²) in [6.07, 6.45) is 4.51. The quantitative estimate of drug-likeness (QED) is 0.729. The highest BCUT2D eigenvalue weighted by Gasteiger charge is 2.18. The second kappa shape index (κ2) is 4.35. The molecular weight excluding hydrogens is 200 g/mol. The molecule has 0 saturated heterocycles. The Kier molecular flexibility index (Phi) is 2.91. The number of carbonyl (C=O) groups is 1. The number of Topliss-reactive ketones (excluding diaryl/α,β-unsaturated/α-hetero) is 1. The van der Waals surface area contributed by atoms with Crippen molar-refractivity contribution in [1.29, 1.82) is 0 Å². The molecule has 0 unspecified atom stereocenters. The van der Waals surface area contributed by atoms with Crippen molar-refractivity contribution in [2.24, 2.45) is 0 Å². The number of benzene rings is 1. The predicted octanol–water partition coefficient (Wildman–Crippen LogP) is 3.08. The third kappa shape index (κ3) is 2.22. The van der Waals surface area contributed by atoms with Crippen molar-refractivity contribution in [3.8, 4) is 5.75 Å². The van der Waals surface area contributed by atoms with Crippen molar-refractivity contribution in [2.45, 2.75) is 19.3 Å². The molecule has 0 bridgehead atoms. The van der Waals surface area contributed by atoms with Gasteiger partial charge in [0.2, 0.25) is 0 Å². The van der Waals surface area contributed by atoms with Gasteiger partial charge in [0.1, 0.15) is 5.75 Å². The van der Waals surface area contributed by atoms with Crippen molar-refractivity contribution in [3.63, 3.8) is 0 Å². The van der Waals surface area contributed by atoms with E-state index in [1.165, 1.54) is 0 Å². The topological polar surface area (TPSA) is 37.3 Å². The summed E-state index contributed by atoms with van der Waals surface area (Å²) < 4.78 is 0. The van der Waals surface area contributed by atoms with Gasteiger partial charge in [0, 0.05) is 5.57 Å². The Morgan fingerprint density at radius 3 is 2.56 bits per heavy atom. The predicted molar refractivity (Wildman–Crippen MR) is 64.1 cm³/mol. The van der Waals surface area contributed by atoms with E-state index >= 15 is 0 Å². The number of hydrogen-bond donors (Lipinski definition) is 1. The molecule has 0 spiro atoms. The van der Waals surface area contributed by atoms with E-state index in [0.29, 0.717) is 5.57 Å². The van der Waals surface area contributed by atoms with Gasteiger partial charge in [-0.3, -0.25) is 4.79 Å². The Balaban J connectivity index is 2.26. The van der Waals surface area contributed by atoms with Crippen LogP contribution in [-0.4, -0.2) is 10.9 Å². The highest BCUT2D eigenvalue weighted by Crippen LogP contribution is 2.25. The van der Waals surface area contributed by atoms with Gasteiger partial charge in [0.15, 0.2) is 5.78 Å². The largest absolute Gasteiger partial charge is 0.508 e. The van der Waals surface area contributed by atoms with Gasteiger partial charge in [-0.15, -0.1) is 0 Å². The molecule has 1 aliphatic carbocycles. The zero-order chi connectivity index (χ0) is 11.5. The molecule has 1 N–H and O–H groups in total. The lowest BCUT2D eigenvalue weighted by atomic mass is 9.89. The average molecular weight is 214 g/mol. The molecule has 82 valence electrons. The van der Waals surface area contributed by atoms with Crippen LogP contribution in [0, 0.1) is 0 Å². The number of ketones is 1. The SMILES string of the molecule is C=C1CCC/C(=C\c2ccc(O)cc2)C1=O. The van der Waals surface area contributed by atoms with E-state index in [-0.39, 0.29) is 11.5 Å². The average Bonchev–Trinajstić information content (AvgIpc) is 2.28. The second-order valence-electron chi connectivity index (χ2n) is 4.05. The van der Waals surface area contributed by atoms with Crippen molar-refractivity contribution in [2.75, 3.05) is 0 Å². The van der Waals surface area contributed by atoms with Gasteiger partial charge in [0.25, 0.3) is 0 Å². The van der Waals surface area contributed by atoms with Gasteiger partial charge in [-0.1, -0.05) is 18.7 Å². The molecule has 0 atom stereocenters. The van der Waals surface area contributed by atoms with Crippen LogP contribution in [0.2, 0.25) is 0 Å². The van der Waals surface area contributed by atoms with Crippen molar-refractivity contribution in [1.82, 2.24) is 0 Å². The summed E-state index contributed by atoms with van der Waals surface area (Å²) in [6.45, 7) is 3.77. The summed E-state index contributed by atoms with van der Waals surface area (Å²) in [4.78, 5) is 11.8. The smallest absolute Gasteiger partial charge is 0.184 e. The molecular formula is C14H14O2. The molecule has 0 aliphatic heterocycles. The summed E-state index contributed by atoms with van der Waals surface area (Å²) in [5.74, 6) is 0.320. The fraction of sp³-hybridized carbons (Fsp3) is 0.214. The molecule has 1 aliphatic rings. The van der Waals surface area contributed by atoms with E-state index in [0.717, 1.165) is 30.4 Å². The van der Waals surface area contributed by atoms with E-state index in [1.807, 2.05) is 6.08 Å². The molecule has 2 nitrogen and oxygen atoms in total. The van der Waals surface area contributed by atoms with E-state index in [1.54, 1.807) is 24.3 Å². The Hall–Kier alpha value is -1.83. The molecule has 0 heterocycles. The molecule has 2 rings (SSSR count). The minimum Gasteiger partial charge on any atom is -0.508 e. The highest BCUT2D eigenvalue weighted by atomic mass is 16.3. The summed E-state index contributed by atoms with van der Waals surface area (Å²) in [7, 11) is 0. The Morgan fingerprint density at radius 2 is 1.88 bits per heavy atom. The molecule has 0 radical (unpaired) electrons. The molecule has 2 heteroatoms. The van der Waals surface area contributed by atoms with Gasteiger partial charge in [-0.2, -0.15) is 0 Å². The van der Waals surface area contributed by atoms with Gasteiger partial charge < -0.3 is 5.11 Å². The van der Waals surface area contributed by atoms with Crippen LogP contribution in [0.4, 0.5) is 0 Å². The number of phenols is 1. The summed E-state index contributed by atoms with van der Waals surface area (Å²) in [5, 5.41) is 9.15. The number of rotatable bonds is 1. The summed E-state index contributed by atoms with van der Waals surface area (Å²) >= 11 is 0. The molecule has 1 fully saturated rings. The van der Waals surface area contributed by atoms with E-state index < -0.39 is 0 Å². The molecule has 1 aromatic carbocycles. The van der Waals surface area contributed by atoms with Crippen LogP contribution in [0.1, 0.15) is 24.8 Å². The monoisotopic (exact) mass is 214 g/mol. The number of carbonyl (C=O) groups excluding carboxylic acids is 1. The van der Waals surface area contributed by atoms with Crippen LogP contribution in [0.3, 0.4) is 0 Å². The number of aromatic hydroxyl groups is 1. The van der Waals surface area contributed by atoms with Crippen LogP contribution in [0.5, 0.6) is 5.75 Å². The standard InChI is InChI=1S/C14H14O2/c1-10-3-2-4-12(14(10)16)9-11-5-7-13(15)8-6-11/h5-9,15H,1-4H2/b12-9+. The third-order valence-electron chi connectivity index (χ3n) is 2.77. The summed E-state index contributed by atoms with van der Waals surface area (Å²) in [5.41, 5.74) is 2.47. The van der Waals surface area contributed by atoms with Gasteiger partial charge >= 0.3 is 0 Å². The first-order valence-electron chi connectivity index (χ1n) is 5.39. The van der Waals surface area contributed by atoms with E-state index in [9.17, 15) is 4.79 Å². The molecule has 1 saturated carbocycles. The first kappa shape index (κ1) is 10.7. The zero-order valence-electron chi connectivity index (χ0n) is 9.07. The molecule has 0 amide bonds. The van der Waals surface area contributed by atoms with Crippen LogP contribution >= 0.6 is 0 Å². The van der Waals surface area contributed by atoms with Crippen LogP contribution < -0.4 is 0 Å². The van der Waals surface area contributed by atoms with E-state index in [2.05, 4.69) is 6.58 Å². The fourth-order valence-corrected chi connectivity index (χ4v) is 1.86. The lowest BCUT2D eigenvalue weighted by Crippen LogP contribution is -2.11. The molecule has 1 aromatic rings. The highest BCUT2D eigenvalue weighted by molar-refractivity contribution is 6.11. The first-order valence-corrected chi connectivity index (χ1v) is 5.39. The number of allylic oxidation sites excluding steroid dienone is 2. The number of hydrogen-bond acceptors (Lipinski definition) is 2. The molecule has 0 aromatic heterocycles. The van der Waals surface area contributed by atoms with Crippen molar-refractivity contribution >= 4 is 11.9 Å². The fourth-order valence-electron chi connectivity index (χ4n) is 1.86. The lowest BCUT2D eigenvalue weighted by molar-refractivity contribution is -0.112. The van der Waals surface area contributed by atoms with Gasteiger partial charge in [0.05, 0.1) is 0 Å². The van der Waals surface area contributed by atoms with Crippen molar-refractivity contribution < 1.29 is 9.90 Å². The van der Waals surface area contributed by atoms with E-state index in [4.69, 9.17) is 5.11 Å². The summed E-state index contributed by atoms with van der Waals surface area (Å²) in [6, 6.07) is 6.84. The Bertz CT molecular complexity index is 452. The number of phenolic OH excluding ortho intramolecular Hbond substituents is 1. The zero-order valence-corrected chi connectivity index (χ0v) is 9.07.